The van der Waals surface area contributed by atoms with Crippen LogP contribution in [0.1, 0.15) is 17.1 Å². The largest absolute Gasteiger partial charge is 0.760 e. The smallest absolute Gasteiger partial charge is 0.155 e. The molecule has 0 radical (unpaired) electrons. The molecule has 172 valence electrons. The lowest BCUT2D eigenvalue weighted by molar-refractivity contribution is 0.522. The van der Waals surface area contributed by atoms with Gasteiger partial charge in [0.1, 0.15) is 12.2 Å². The van der Waals surface area contributed by atoms with Crippen molar-refractivity contribution >= 4 is 22.6 Å². The van der Waals surface area contributed by atoms with E-state index in [4.69, 9.17) is 4.98 Å². The Bertz CT molecular complexity index is 1480. The molecule has 11 heteroatoms. The summed E-state index contributed by atoms with van der Waals surface area (Å²) in [6, 6.07) is 17.2. The van der Waals surface area contributed by atoms with E-state index in [1.165, 1.54) is 6.33 Å². The van der Waals surface area contributed by atoms with Gasteiger partial charge >= 0.3 is 0 Å². The van der Waals surface area contributed by atoms with Gasteiger partial charge in [-0.25, -0.2) is 19.2 Å². The SMILES string of the molecule is Cc1cccc(-c2[nH]c(CNc3ccccc3CNS(=O)[O-])nc2-c2ccc3ncnn3c2)n1. The number of pyridine rings is 2. The maximum absolute atomic E-state index is 10.9. The molecule has 0 aliphatic rings. The Labute approximate surface area is 197 Å². The highest BCUT2D eigenvalue weighted by molar-refractivity contribution is 7.77. The summed E-state index contributed by atoms with van der Waals surface area (Å²) in [5, 5.41) is 7.58. The van der Waals surface area contributed by atoms with Gasteiger partial charge in [0.2, 0.25) is 0 Å². The molecule has 4 heterocycles. The lowest BCUT2D eigenvalue weighted by atomic mass is 10.1. The molecule has 0 saturated heterocycles. The third kappa shape index (κ3) is 4.71. The van der Waals surface area contributed by atoms with Gasteiger partial charge in [-0.05, 0) is 42.8 Å². The van der Waals surface area contributed by atoms with Crippen molar-refractivity contribution in [3.05, 3.63) is 84.2 Å². The predicted molar refractivity (Wildman–Crippen MR) is 128 cm³/mol. The monoisotopic (exact) mass is 473 g/mol. The van der Waals surface area contributed by atoms with E-state index >= 15 is 0 Å². The van der Waals surface area contributed by atoms with Gasteiger partial charge < -0.3 is 14.9 Å². The van der Waals surface area contributed by atoms with Gasteiger partial charge in [0.15, 0.2) is 5.65 Å². The number of benzene rings is 1. The lowest BCUT2D eigenvalue weighted by Gasteiger charge is -2.13. The number of nitrogens with zero attached hydrogens (tertiary/aromatic N) is 5. The van der Waals surface area contributed by atoms with Gasteiger partial charge in [-0.3, -0.25) is 9.19 Å². The maximum atomic E-state index is 10.9. The first-order valence-electron chi connectivity index (χ1n) is 10.5. The van der Waals surface area contributed by atoms with E-state index in [2.05, 4.69) is 30.1 Å². The van der Waals surface area contributed by atoms with E-state index in [1.807, 2.05) is 67.7 Å². The van der Waals surface area contributed by atoms with Crippen LogP contribution in [0.2, 0.25) is 0 Å². The number of nitrogens with one attached hydrogen (secondary N) is 3. The number of rotatable bonds is 8. The van der Waals surface area contributed by atoms with Crippen molar-refractivity contribution in [2.45, 2.75) is 20.0 Å². The predicted octanol–water partition coefficient (Wildman–Crippen LogP) is 2.99. The molecule has 0 saturated carbocycles. The molecule has 1 unspecified atom stereocenters. The average Bonchev–Trinajstić information content (AvgIpc) is 3.48. The van der Waals surface area contributed by atoms with Crippen molar-refractivity contribution in [3.8, 4) is 22.6 Å². The van der Waals surface area contributed by atoms with E-state index in [9.17, 15) is 8.76 Å². The molecule has 1 aromatic carbocycles. The molecular weight excluding hydrogens is 452 g/mol. The number of anilines is 1. The molecule has 0 fully saturated rings. The minimum Gasteiger partial charge on any atom is -0.760 e. The third-order valence-corrected chi connectivity index (χ3v) is 5.67. The van der Waals surface area contributed by atoms with Crippen LogP contribution in [-0.4, -0.2) is 38.3 Å². The van der Waals surface area contributed by atoms with Crippen molar-refractivity contribution in [2.24, 2.45) is 0 Å². The zero-order valence-electron chi connectivity index (χ0n) is 18.2. The molecule has 0 amide bonds. The van der Waals surface area contributed by atoms with Gasteiger partial charge in [-0.1, -0.05) is 24.3 Å². The van der Waals surface area contributed by atoms with E-state index in [0.29, 0.717) is 12.4 Å². The Morgan fingerprint density at radius 2 is 1.94 bits per heavy atom. The molecule has 5 rings (SSSR count). The fourth-order valence-corrected chi connectivity index (χ4v) is 3.98. The van der Waals surface area contributed by atoms with Crippen molar-refractivity contribution in [1.82, 2.24) is 34.3 Å². The van der Waals surface area contributed by atoms with Crippen LogP contribution in [-0.2, 0) is 24.4 Å². The zero-order chi connectivity index (χ0) is 23.5. The van der Waals surface area contributed by atoms with Gasteiger partial charge in [0.25, 0.3) is 0 Å². The van der Waals surface area contributed by atoms with Crippen LogP contribution in [0, 0.1) is 6.92 Å². The molecule has 0 aliphatic heterocycles. The Balaban J connectivity index is 1.48. The number of hydrogen-bond acceptors (Lipinski definition) is 7. The second-order valence-electron chi connectivity index (χ2n) is 7.62. The number of aromatic amines is 1. The highest BCUT2D eigenvalue weighted by Gasteiger charge is 2.16. The van der Waals surface area contributed by atoms with E-state index in [0.717, 1.165) is 45.2 Å². The summed E-state index contributed by atoms with van der Waals surface area (Å²) in [5.41, 5.74) is 6.52. The fraction of sp³-hybridized carbons (Fsp3) is 0.130. The number of fused-ring (bicyclic) bond motifs is 1. The molecule has 34 heavy (non-hydrogen) atoms. The van der Waals surface area contributed by atoms with Crippen molar-refractivity contribution in [3.63, 3.8) is 0 Å². The lowest BCUT2D eigenvalue weighted by Crippen LogP contribution is -2.17. The number of aromatic nitrogens is 6. The van der Waals surface area contributed by atoms with Crippen molar-refractivity contribution < 1.29 is 8.76 Å². The maximum Gasteiger partial charge on any atom is 0.155 e. The Morgan fingerprint density at radius 3 is 2.79 bits per heavy atom. The average molecular weight is 474 g/mol. The summed E-state index contributed by atoms with van der Waals surface area (Å²) in [5.74, 6) is 0.710. The first-order valence-corrected chi connectivity index (χ1v) is 11.6. The summed E-state index contributed by atoms with van der Waals surface area (Å²) in [6.07, 6.45) is 3.40. The molecule has 5 aromatic rings. The molecule has 0 aliphatic carbocycles. The van der Waals surface area contributed by atoms with Crippen LogP contribution in [0.25, 0.3) is 28.3 Å². The summed E-state index contributed by atoms with van der Waals surface area (Å²) >= 11 is -2.33. The molecule has 4 aromatic heterocycles. The molecule has 0 spiro atoms. The van der Waals surface area contributed by atoms with Crippen LogP contribution in [0.5, 0.6) is 0 Å². The van der Waals surface area contributed by atoms with E-state index in [1.54, 1.807) is 4.52 Å². The summed E-state index contributed by atoms with van der Waals surface area (Å²) in [6.45, 7) is 2.55. The third-order valence-electron chi connectivity index (χ3n) is 5.29. The number of H-pyrrole nitrogens is 1. The van der Waals surface area contributed by atoms with E-state index < -0.39 is 11.3 Å². The highest BCUT2D eigenvalue weighted by atomic mass is 32.2. The molecule has 3 N–H and O–H groups in total. The Kier molecular flexibility index (Phi) is 6.12. The molecule has 10 nitrogen and oxygen atoms in total. The first-order chi connectivity index (χ1) is 16.6. The van der Waals surface area contributed by atoms with Crippen LogP contribution in [0.3, 0.4) is 0 Å². The first kappa shape index (κ1) is 21.9. The van der Waals surface area contributed by atoms with Crippen LogP contribution in [0.15, 0.2) is 67.1 Å². The minimum atomic E-state index is -2.33. The van der Waals surface area contributed by atoms with E-state index in [-0.39, 0.29) is 6.54 Å². The zero-order valence-corrected chi connectivity index (χ0v) is 19.0. The van der Waals surface area contributed by atoms with Gasteiger partial charge in [-0.15, -0.1) is 0 Å². The van der Waals surface area contributed by atoms with Gasteiger partial charge in [0, 0.05) is 41.0 Å². The second kappa shape index (κ2) is 9.51. The summed E-state index contributed by atoms with van der Waals surface area (Å²) < 4.78 is 25.9. The van der Waals surface area contributed by atoms with Gasteiger partial charge in [-0.2, -0.15) is 5.10 Å². The van der Waals surface area contributed by atoms with Crippen LogP contribution >= 0.6 is 0 Å². The molecule has 0 bridgehead atoms. The van der Waals surface area contributed by atoms with Gasteiger partial charge in [0.05, 0.1) is 23.6 Å². The standard InChI is InChI=1S/C23H22N8O2S/c1-15-5-4-8-19(28-15)23-22(17-9-10-21-25-14-26-31(21)13-17)29-20(30-23)12-24-18-7-3-2-6-16(18)11-27-34(32)33/h2-10,13-14,24,27H,11-12H2,1H3,(H,29,30)(H,32,33)/p-1. The van der Waals surface area contributed by atoms with Crippen molar-refractivity contribution in [1.29, 1.82) is 0 Å². The summed E-state index contributed by atoms with van der Waals surface area (Å²) in [7, 11) is 0. The quantitative estimate of drug-likeness (QED) is 0.295. The Hall–Kier alpha value is -3.93. The second-order valence-corrected chi connectivity index (χ2v) is 8.38. The Morgan fingerprint density at radius 1 is 1.06 bits per heavy atom. The van der Waals surface area contributed by atoms with Crippen molar-refractivity contribution in [2.75, 3.05) is 5.32 Å². The van der Waals surface area contributed by atoms with Crippen LogP contribution < -0.4 is 10.0 Å². The number of aryl methyl sites for hydroxylation is 1. The topological polar surface area (TPSA) is 136 Å². The normalized spacial score (nSPS) is 12.2. The number of hydrogen-bond donors (Lipinski definition) is 3. The number of para-hydroxylation sites is 1. The summed E-state index contributed by atoms with van der Waals surface area (Å²) in [4.78, 5) is 17.2. The van der Waals surface area contributed by atoms with Crippen LogP contribution in [0.4, 0.5) is 5.69 Å². The highest BCUT2D eigenvalue weighted by Crippen LogP contribution is 2.30. The fourth-order valence-electron chi connectivity index (χ4n) is 3.70. The minimum absolute atomic E-state index is 0.194. The molecular formula is C23H21N8O2S-. The number of imidazole rings is 1. The molecule has 1 atom stereocenters.